The van der Waals surface area contributed by atoms with Gasteiger partial charge in [0.25, 0.3) is 0 Å². The van der Waals surface area contributed by atoms with Gasteiger partial charge < -0.3 is 9.47 Å². The summed E-state index contributed by atoms with van der Waals surface area (Å²) < 4.78 is 35.8. The van der Waals surface area contributed by atoms with Gasteiger partial charge in [0.1, 0.15) is 4.90 Å². The van der Waals surface area contributed by atoms with Crippen LogP contribution in [0.25, 0.3) is 0 Å². The zero-order valence-electron chi connectivity index (χ0n) is 11.9. The number of esters is 1. The van der Waals surface area contributed by atoms with E-state index in [0.29, 0.717) is 0 Å². The standard InChI is InChI=1S/C13H18ClNO5S/c1-19-10-9-15(8-7-13(16)20-2)21(17,18)12-6-4-3-5-11(12)14/h3-6H,7-10H2,1-2H3. The maximum atomic E-state index is 12.6. The Bertz CT molecular complexity index is 576. The van der Waals surface area contributed by atoms with Crippen molar-refractivity contribution in [1.29, 1.82) is 0 Å². The Labute approximate surface area is 129 Å². The fourth-order valence-electron chi connectivity index (χ4n) is 1.66. The Kier molecular flexibility index (Phi) is 7.10. The van der Waals surface area contributed by atoms with Crippen molar-refractivity contribution in [2.75, 3.05) is 33.9 Å². The molecule has 0 aromatic heterocycles. The van der Waals surface area contributed by atoms with E-state index in [2.05, 4.69) is 4.74 Å². The Hall–Kier alpha value is -1.15. The summed E-state index contributed by atoms with van der Waals surface area (Å²) in [5, 5.41) is 0.137. The molecule has 0 amide bonds. The van der Waals surface area contributed by atoms with Crippen molar-refractivity contribution in [2.45, 2.75) is 11.3 Å². The lowest BCUT2D eigenvalue weighted by atomic mass is 10.4. The van der Waals surface area contributed by atoms with Crippen LogP contribution in [0, 0.1) is 0 Å². The van der Waals surface area contributed by atoms with Gasteiger partial charge in [-0.1, -0.05) is 23.7 Å². The number of hydrogen-bond acceptors (Lipinski definition) is 5. The number of rotatable bonds is 8. The monoisotopic (exact) mass is 335 g/mol. The highest BCUT2D eigenvalue weighted by molar-refractivity contribution is 7.89. The van der Waals surface area contributed by atoms with E-state index < -0.39 is 16.0 Å². The average Bonchev–Trinajstić information content (AvgIpc) is 2.46. The van der Waals surface area contributed by atoms with E-state index in [0.717, 1.165) is 4.31 Å². The maximum Gasteiger partial charge on any atom is 0.306 e. The number of halogens is 1. The fourth-order valence-corrected chi connectivity index (χ4v) is 3.57. The Morgan fingerprint density at radius 1 is 1.24 bits per heavy atom. The fraction of sp³-hybridized carbons (Fsp3) is 0.462. The number of nitrogens with zero attached hydrogens (tertiary/aromatic N) is 1. The molecule has 0 fully saturated rings. The molecule has 0 spiro atoms. The number of benzene rings is 1. The molecule has 0 aliphatic carbocycles. The van der Waals surface area contributed by atoms with Crippen molar-refractivity contribution in [1.82, 2.24) is 4.31 Å². The third-order valence-corrected chi connectivity index (χ3v) is 5.19. The van der Waals surface area contributed by atoms with Crippen molar-refractivity contribution in [3.05, 3.63) is 29.3 Å². The van der Waals surface area contributed by atoms with Crippen LogP contribution in [-0.2, 0) is 24.3 Å². The highest BCUT2D eigenvalue weighted by Gasteiger charge is 2.26. The molecular weight excluding hydrogens is 318 g/mol. The second-order valence-electron chi connectivity index (χ2n) is 4.15. The molecule has 8 heteroatoms. The van der Waals surface area contributed by atoms with Gasteiger partial charge in [-0.2, -0.15) is 4.31 Å². The van der Waals surface area contributed by atoms with Crippen LogP contribution in [0.2, 0.25) is 5.02 Å². The first-order valence-electron chi connectivity index (χ1n) is 6.24. The SMILES string of the molecule is COCCN(CCC(=O)OC)S(=O)(=O)c1ccccc1Cl. The van der Waals surface area contributed by atoms with Crippen LogP contribution in [-0.4, -0.2) is 52.6 Å². The Balaban J connectivity index is 3.00. The van der Waals surface area contributed by atoms with Gasteiger partial charge >= 0.3 is 5.97 Å². The van der Waals surface area contributed by atoms with E-state index in [1.807, 2.05) is 0 Å². The molecule has 21 heavy (non-hydrogen) atoms. The summed E-state index contributed by atoms with van der Waals surface area (Å²) >= 11 is 5.95. The first kappa shape index (κ1) is 17.9. The predicted octanol–water partition coefficient (Wildman–Crippen LogP) is 1.54. The number of carbonyl (C=O) groups excluding carboxylic acids is 1. The highest BCUT2D eigenvalue weighted by atomic mass is 35.5. The van der Waals surface area contributed by atoms with Crippen LogP contribution in [0.1, 0.15) is 6.42 Å². The predicted molar refractivity (Wildman–Crippen MR) is 78.7 cm³/mol. The lowest BCUT2D eigenvalue weighted by Crippen LogP contribution is -2.36. The molecule has 0 saturated heterocycles. The molecule has 0 atom stereocenters. The van der Waals surface area contributed by atoms with Gasteiger partial charge in [0.15, 0.2) is 0 Å². The van der Waals surface area contributed by atoms with Crippen LogP contribution in [0.5, 0.6) is 0 Å². The molecule has 0 heterocycles. The second-order valence-corrected chi connectivity index (χ2v) is 6.47. The summed E-state index contributed by atoms with van der Waals surface area (Å²) in [6.07, 6.45) is -0.0378. The number of sulfonamides is 1. The van der Waals surface area contributed by atoms with Crippen LogP contribution in [0.15, 0.2) is 29.2 Å². The summed E-state index contributed by atoms with van der Waals surface area (Å²) in [4.78, 5) is 11.2. The number of carbonyl (C=O) groups is 1. The van der Waals surface area contributed by atoms with Crippen LogP contribution in [0.4, 0.5) is 0 Å². The molecule has 0 aliphatic rings. The minimum Gasteiger partial charge on any atom is -0.469 e. The van der Waals surface area contributed by atoms with E-state index in [9.17, 15) is 13.2 Å². The topological polar surface area (TPSA) is 72.9 Å². The van der Waals surface area contributed by atoms with Gasteiger partial charge in [0.05, 0.1) is 25.2 Å². The van der Waals surface area contributed by atoms with E-state index >= 15 is 0 Å². The first-order chi connectivity index (χ1) is 9.93. The minimum absolute atomic E-state index is 0.00356. The van der Waals surface area contributed by atoms with E-state index in [1.54, 1.807) is 12.1 Å². The average molecular weight is 336 g/mol. The van der Waals surface area contributed by atoms with Crippen LogP contribution in [0.3, 0.4) is 0 Å². The highest BCUT2D eigenvalue weighted by Crippen LogP contribution is 2.24. The van der Waals surface area contributed by atoms with E-state index in [4.69, 9.17) is 16.3 Å². The molecule has 6 nitrogen and oxygen atoms in total. The summed E-state index contributed by atoms with van der Waals surface area (Å²) in [5.41, 5.74) is 0. The summed E-state index contributed by atoms with van der Waals surface area (Å²) in [6.45, 7) is 0.343. The number of hydrogen-bond donors (Lipinski definition) is 0. The second kappa shape index (κ2) is 8.33. The first-order valence-corrected chi connectivity index (χ1v) is 8.05. The molecule has 0 aliphatic heterocycles. The molecule has 0 N–H and O–H groups in total. The Morgan fingerprint density at radius 3 is 2.48 bits per heavy atom. The number of methoxy groups -OCH3 is 2. The van der Waals surface area contributed by atoms with Gasteiger partial charge in [-0.25, -0.2) is 8.42 Å². The zero-order valence-corrected chi connectivity index (χ0v) is 13.5. The molecule has 0 saturated carbocycles. The molecule has 1 aromatic rings. The number of ether oxygens (including phenoxy) is 2. The normalized spacial score (nSPS) is 11.6. The van der Waals surface area contributed by atoms with Crippen molar-refractivity contribution >= 4 is 27.6 Å². The third kappa shape index (κ3) is 4.96. The molecule has 118 valence electrons. The summed E-state index contributed by atoms with van der Waals surface area (Å²) in [6, 6.07) is 6.17. The summed E-state index contributed by atoms with van der Waals surface area (Å²) in [5.74, 6) is -0.480. The molecule has 0 bridgehead atoms. The van der Waals surface area contributed by atoms with Gasteiger partial charge in [0, 0.05) is 20.2 Å². The van der Waals surface area contributed by atoms with Gasteiger partial charge in [-0.3, -0.25) is 4.79 Å². The van der Waals surface area contributed by atoms with E-state index in [1.165, 1.54) is 26.4 Å². The van der Waals surface area contributed by atoms with Gasteiger partial charge in [0.2, 0.25) is 10.0 Å². The summed E-state index contributed by atoms with van der Waals surface area (Å²) in [7, 11) is -1.07. The lowest BCUT2D eigenvalue weighted by Gasteiger charge is -2.22. The zero-order chi connectivity index (χ0) is 15.9. The van der Waals surface area contributed by atoms with E-state index in [-0.39, 0.29) is 36.0 Å². The van der Waals surface area contributed by atoms with Crippen molar-refractivity contribution in [2.24, 2.45) is 0 Å². The van der Waals surface area contributed by atoms with Gasteiger partial charge in [-0.15, -0.1) is 0 Å². The molecular formula is C13H18ClNO5S. The lowest BCUT2D eigenvalue weighted by molar-refractivity contribution is -0.140. The van der Waals surface area contributed by atoms with Crippen molar-refractivity contribution in [3.8, 4) is 0 Å². The van der Waals surface area contributed by atoms with Crippen molar-refractivity contribution in [3.63, 3.8) is 0 Å². The minimum atomic E-state index is -3.79. The Morgan fingerprint density at radius 2 is 1.90 bits per heavy atom. The molecule has 0 unspecified atom stereocenters. The van der Waals surface area contributed by atoms with Crippen LogP contribution < -0.4 is 0 Å². The largest absolute Gasteiger partial charge is 0.469 e. The van der Waals surface area contributed by atoms with Crippen LogP contribution >= 0.6 is 11.6 Å². The smallest absolute Gasteiger partial charge is 0.306 e. The molecule has 1 aromatic carbocycles. The quantitative estimate of drug-likeness (QED) is 0.674. The van der Waals surface area contributed by atoms with Gasteiger partial charge in [-0.05, 0) is 12.1 Å². The molecule has 0 radical (unpaired) electrons. The van der Waals surface area contributed by atoms with Crippen molar-refractivity contribution < 1.29 is 22.7 Å². The maximum absolute atomic E-state index is 12.6. The molecule has 1 rings (SSSR count). The third-order valence-electron chi connectivity index (χ3n) is 2.79.